The van der Waals surface area contributed by atoms with E-state index in [2.05, 4.69) is 49.4 Å². The summed E-state index contributed by atoms with van der Waals surface area (Å²) in [5, 5.41) is 3.48. The van der Waals surface area contributed by atoms with Gasteiger partial charge in [-0.3, -0.25) is 9.98 Å². The highest BCUT2D eigenvalue weighted by atomic mass is 16.5. The lowest BCUT2D eigenvalue weighted by atomic mass is 10.2. The van der Waals surface area contributed by atoms with E-state index in [1.165, 1.54) is 5.56 Å². The van der Waals surface area contributed by atoms with Crippen LogP contribution >= 0.6 is 0 Å². The Morgan fingerprint density at radius 1 is 1.15 bits per heavy atom. The van der Waals surface area contributed by atoms with Crippen molar-refractivity contribution in [2.24, 2.45) is 4.99 Å². The third-order valence-corrected chi connectivity index (χ3v) is 4.89. The first-order valence-corrected chi connectivity index (χ1v) is 9.46. The molecule has 1 aliphatic heterocycles. The Morgan fingerprint density at radius 3 is 2.59 bits per heavy atom. The van der Waals surface area contributed by atoms with Gasteiger partial charge in [0, 0.05) is 51.7 Å². The van der Waals surface area contributed by atoms with Crippen molar-refractivity contribution in [3.63, 3.8) is 0 Å². The summed E-state index contributed by atoms with van der Waals surface area (Å²) in [7, 11) is 3.58. The van der Waals surface area contributed by atoms with Gasteiger partial charge in [-0.2, -0.15) is 0 Å². The molecule has 2 aromatic rings. The van der Waals surface area contributed by atoms with Crippen LogP contribution in [0.25, 0.3) is 0 Å². The molecule has 1 fully saturated rings. The number of ether oxygens (including phenoxy) is 1. The molecular formula is C21H29N5O. The number of nitrogens with one attached hydrogen (secondary N) is 1. The number of aryl methyl sites for hydroxylation is 1. The number of aliphatic imine (C=N–C) groups is 1. The summed E-state index contributed by atoms with van der Waals surface area (Å²) in [6.07, 6.45) is 2.89. The first-order valence-electron chi connectivity index (χ1n) is 9.46. The normalized spacial score (nSPS) is 15.0. The Morgan fingerprint density at radius 2 is 1.93 bits per heavy atom. The van der Waals surface area contributed by atoms with Crippen molar-refractivity contribution in [3.05, 3.63) is 53.9 Å². The molecule has 0 atom stereocenters. The zero-order valence-electron chi connectivity index (χ0n) is 16.5. The summed E-state index contributed by atoms with van der Waals surface area (Å²) < 4.78 is 5.50. The number of para-hydroxylation sites is 2. The highest BCUT2D eigenvalue weighted by Gasteiger charge is 2.21. The summed E-state index contributed by atoms with van der Waals surface area (Å²) in [5.41, 5.74) is 3.45. The first kappa shape index (κ1) is 19.0. The van der Waals surface area contributed by atoms with E-state index in [4.69, 9.17) is 4.74 Å². The second kappa shape index (κ2) is 9.26. The largest absolute Gasteiger partial charge is 0.495 e. The minimum atomic E-state index is 0.851. The van der Waals surface area contributed by atoms with Crippen molar-refractivity contribution in [1.29, 1.82) is 0 Å². The first-order chi connectivity index (χ1) is 13.2. The molecule has 1 saturated heterocycles. The third kappa shape index (κ3) is 4.90. The van der Waals surface area contributed by atoms with Crippen LogP contribution in [-0.2, 0) is 6.42 Å². The summed E-state index contributed by atoms with van der Waals surface area (Å²) in [6, 6.07) is 12.4. The summed E-state index contributed by atoms with van der Waals surface area (Å²) >= 11 is 0. The average Bonchev–Trinajstić information content (AvgIpc) is 2.73. The van der Waals surface area contributed by atoms with Gasteiger partial charge in [0.1, 0.15) is 5.75 Å². The standard InChI is InChI=1S/C21H29N5O/c1-17-8-9-18(16-24-17)10-11-23-21(22-2)26-14-12-25(13-15-26)19-6-4-5-7-20(19)27-3/h4-9,16H,10-15H2,1-3H3,(H,22,23). The highest BCUT2D eigenvalue weighted by Crippen LogP contribution is 2.28. The minimum Gasteiger partial charge on any atom is -0.495 e. The van der Waals surface area contributed by atoms with Crippen LogP contribution in [0.4, 0.5) is 5.69 Å². The fraction of sp³-hybridized carbons (Fsp3) is 0.429. The molecule has 6 heteroatoms. The lowest BCUT2D eigenvalue weighted by molar-refractivity contribution is 0.367. The fourth-order valence-corrected chi connectivity index (χ4v) is 3.35. The Labute approximate surface area is 161 Å². The average molecular weight is 367 g/mol. The van der Waals surface area contributed by atoms with Crippen LogP contribution in [-0.4, -0.2) is 62.7 Å². The SMILES string of the molecule is CN=C(NCCc1ccc(C)nc1)N1CCN(c2ccccc2OC)CC1. The van der Waals surface area contributed by atoms with Crippen molar-refractivity contribution in [2.45, 2.75) is 13.3 Å². The second-order valence-corrected chi connectivity index (χ2v) is 6.68. The number of anilines is 1. The predicted molar refractivity (Wildman–Crippen MR) is 111 cm³/mol. The van der Waals surface area contributed by atoms with Crippen LogP contribution in [0.15, 0.2) is 47.6 Å². The number of hydrogen-bond acceptors (Lipinski definition) is 4. The quantitative estimate of drug-likeness (QED) is 0.649. The van der Waals surface area contributed by atoms with Crippen molar-refractivity contribution in [2.75, 3.05) is 51.8 Å². The fourth-order valence-electron chi connectivity index (χ4n) is 3.35. The van der Waals surface area contributed by atoms with E-state index in [1.54, 1.807) is 7.11 Å². The number of methoxy groups -OCH3 is 1. The molecule has 1 aliphatic rings. The molecule has 1 aromatic carbocycles. The smallest absolute Gasteiger partial charge is 0.193 e. The highest BCUT2D eigenvalue weighted by molar-refractivity contribution is 5.80. The summed E-state index contributed by atoms with van der Waals surface area (Å²) in [4.78, 5) is 13.5. The zero-order valence-corrected chi connectivity index (χ0v) is 16.5. The van der Waals surface area contributed by atoms with Crippen molar-refractivity contribution < 1.29 is 4.74 Å². The number of benzene rings is 1. The van der Waals surface area contributed by atoms with E-state index < -0.39 is 0 Å². The van der Waals surface area contributed by atoms with Crippen molar-refractivity contribution >= 4 is 11.6 Å². The number of rotatable bonds is 5. The molecule has 0 saturated carbocycles. The minimum absolute atomic E-state index is 0.851. The lowest BCUT2D eigenvalue weighted by Crippen LogP contribution is -2.52. The van der Waals surface area contributed by atoms with E-state index in [0.717, 1.165) is 62.2 Å². The number of guanidine groups is 1. The third-order valence-electron chi connectivity index (χ3n) is 4.89. The molecule has 0 radical (unpaired) electrons. The Balaban J connectivity index is 1.50. The predicted octanol–water partition coefficient (Wildman–Crippen LogP) is 2.34. The van der Waals surface area contributed by atoms with Gasteiger partial charge in [-0.25, -0.2) is 0 Å². The van der Waals surface area contributed by atoms with Gasteiger partial charge in [0.2, 0.25) is 0 Å². The van der Waals surface area contributed by atoms with E-state index >= 15 is 0 Å². The Bertz CT molecular complexity index is 751. The van der Waals surface area contributed by atoms with Gasteiger partial charge in [-0.15, -0.1) is 0 Å². The van der Waals surface area contributed by atoms with Gasteiger partial charge < -0.3 is 19.9 Å². The number of aromatic nitrogens is 1. The molecule has 2 heterocycles. The van der Waals surface area contributed by atoms with Crippen LogP contribution in [0.5, 0.6) is 5.75 Å². The van der Waals surface area contributed by atoms with Gasteiger partial charge in [0.15, 0.2) is 5.96 Å². The molecule has 0 unspecified atom stereocenters. The van der Waals surface area contributed by atoms with Crippen LogP contribution in [0.2, 0.25) is 0 Å². The Hall–Kier alpha value is -2.76. The lowest BCUT2D eigenvalue weighted by Gasteiger charge is -2.38. The van der Waals surface area contributed by atoms with Crippen LogP contribution in [0.1, 0.15) is 11.3 Å². The topological polar surface area (TPSA) is 53.0 Å². The van der Waals surface area contributed by atoms with Gasteiger partial charge in [-0.05, 0) is 37.1 Å². The van der Waals surface area contributed by atoms with Crippen LogP contribution in [0, 0.1) is 6.92 Å². The van der Waals surface area contributed by atoms with E-state index in [9.17, 15) is 0 Å². The summed E-state index contributed by atoms with van der Waals surface area (Å²) in [5.74, 6) is 1.90. The van der Waals surface area contributed by atoms with Gasteiger partial charge in [0.25, 0.3) is 0 Å². The summed E-state index contributed by atoms with van der Waals surface area (Å²) in [6.45, 7) is 6.62. The molecule has 0 bridgehead atoms. The maximum Gasteiger partial charge on any atom is 0.193 e. The molecule has 27 heavy (non-hydrogen) atoms. The van der Waals surface area contributed by atoms with Crippen LogP contribution < -0.4 is 15.0 Å². The van der Waals surface area contributed by atoms with E-state index in [-0.39, 0.29) is 0 Å². The molecule has 0 amide bonds. The Kier molecular flexibility index (Phi) is 6.52. The number of piperazine rings is 1. The number of hydrogen-bond donors (Lipinski definition) is 1. The molecule has 144 valence electrons. The molecule has 1 N–H and O–H groups in total. The maximum atomic E-state index is 5.50. The van der Waals surface area contributed by atoms with Gasteiger partial charge >= 0.3 is 0 Å². The molecule has 0 aliphatic carbocycles. The van der Waals surface area contributed by atoms with E-state index in [0.29, 0.717) is 0 Å². The van der Waals surface area contributed by atoms with Crippen molar-refractivity contribution in [3.8, 4) is 5.75 Å². The molecular weight excluding hydrogens is 338 g/mol. The van der Waals surface area contributed by atoms with Crippen LogP contribution in [0.3, 0.4) is 0 Å². The number of nitrogens with zero attached hydrogens (tertiary/aromatic N) is 4. The number of pyridine rings is 1. The van der Waals surface area contributed by atoms with Gasteiger partial charge in [0.05, 0.1) is 12.8 Å². The van der Waals surface area contributed by atoms with Gasteiger partial charge in [-0.1, -0.05) is 18.2 Å². The zero-order chi connectivity index (χ0) is 19.1. The molecule has 3 rings (SSSR count). The molecule has 0 spiro atoms. The molecule has 1 aromatic heterocycles. The monoisotopic (exact) mass is 367 g/mol. The molecule has 6 nitrogen and oxygen atoms in total. The second-order valence-electron chi connectivity index (χ2n) is 6.68. The van der Waals surface area contributed by atoms with Crippen molar-refractivity contribution in [1.82, 2.24) is 15.2 Å². The van der Waals surface area contributed by atoms with E-state index in [1.807, 2.05) is 32.3 Å². The maximum absolute atomic E-state index is 5.50.